The van der Waals surface area contributed by atoms with Crippen LogP contribution in [-0.2, 0) is 0 Å². The molecule has 5 rings (SSSR count). The van der Waals surface area contributed by atoms with Crippen molar-refractivity contribution in [2.45, 2.75) is 27.7 Å². The Morgan fingerprint density at radius 1 is 0.677 bits per heavy atom. The van der Waals surface area contributed by atoms with Crippen LogP contribution in [0.5, 0.6) is 0 Å². The normalized spacial score (nSPS) is 12.1. The van der Waals surface area contributed by atoms with Gasteiger partial charge in [-0.2, -0.15) is 0 Å². The molecule has 0 fully saturated rings. The topological polar surface area (TPSA) is 0 Å². The highest BCUT2D eigenvalue weighted by atomic mass is 32.1. The molecule has 0 amide bonds. The largest absolute Gasteiger partial charge is 0.135 e. The lowest BCUT2D eigenvalue weighted by Gasteiger charge is -2.08. The average molecular weight is 419 g/mol. The van der Waals surface area contributed by atoms with Crippen molar-refractivity contribution in [2.75, 3.05) is 0 Å². The van der Waals surface area contributed by atoms with Crippen LogP contribution in [0.4, 0.5) is 0 Å². The molecule has 152 valence electrons. The molecule has 0 radical (unpaired) electrons. The molecule has 0 bridgehead atoms. The lowest BCUT2D eigenvalue weighted by atomic mass is 9.97. The van der Waals surface area contributed by atoms with Crippen molar-refractivity contribution in [1.82, 2.24) is 0 Å². The summed E-state index contributed by atoms with van der Waals surface area (Å²) >= 11 is 1.88. The molecular formula is C30H26S. The van der Waals surface area contributed by atoms with Crippen LogP contribution in [0.3, 0.4) is 0 Å². The molecule has 0 aliphatic heterocycles. The highest BCUT2D eigenvalue weighted by Gasteiger charge is 2.08. The van der Waals surface area contributed by atoms with Crippen LogP contribution < -0.4 is 0 Å². The fraction of sp³-hybridized carbons (Fsp3) is 0.133. The van der Waals surface area contributed by atoms with Gasteiger partial charge in [0.2, 0.25) is 0 Å². The molecule has 4 aromatic carbocycles. The highest BCUT2D eigenvalue weighted by molar-refractivity contribution is 7.22. The molecule has 1 heterocycles. The van der Waals surface area contributed by atoms with E-state index in [0.717, 1.165) is 0 Å². The minimum absolute atomic E-state index is 1.28. The van der Waals surface area contributed by atoms with Crippen LogP contribution >= 0.6 is 11.3 Å². The summed E-state index contributed by atoms with van der Waals surface area (Å²) in [6.45, 7) is 8.68. The van der Waals surface area contributed by atoms with Gasteiger partial charge in [0.05, 0.1) is 0 Å². The monoisotopic (exact) mass is 418 g/mol. The Hall–Kier alpha value is -3.16. The Morgan fingerprint density at radius 3 is 2.03 bits per heavy atom. The van der Waals surface area contributed by atoms with Gasteiger partial charge in [-0.05, 0) is 95.9 Å². The van der Waals surface area contributed by atoms with Gasteiger partial charge in [0, 0.05) is 9.58 Å². The first-order valence-electron chi connectivity index (χ1n) is 10.8. The summed E-state index contributed by atoms with van der Waals surface area (Å²) in [6, 6.07) is 29.3. The van der Waals surface area contributed by atoms with Gasteiger partial charge >= 0.3 is 0 Å². The van der Waals surface area contributed by atoms with Crippen molar-refractivity contribution in [3.63, 3.8) is 0 Å². The first kappa shape index (κ1) is 19.8. The van der Waals surface area contributed by atoms with Gasteiger partial charge in [-0.15, -0.1) is 11.3 Å². The smallest absolute Gasteiger partial charge is 0.0355 e. The molecule has 31 heavy (non-hydrogen) atoms. The summed E-state index contributed by atoms with van der Waals surface area (Å²) in [5.74, 6) is 0. The molecule has 0 aliphatic carbocycles. The Morgan fingerprint density at radius 2 is 1.32 bits per heavy atom. The molecule has 0 atom stereocenters. The molecule has 0 spiro atoms. The first-order chi connectivity index (χ1) is 15.0. The molecule has 1 heteroatoms. The van der Waals surface area contributed by atoms with Crippen LogP contribution in [0, 0.1) is 20.8 Å². The quantitative estimate of drug-likeness (QED) is 0.256. The van der Waals surface area contributed by atoms with E-state index in [9.17, 15) is 0 Å². The van der Waals surface area contributed by atoms with E-state index in [4.69, 9.17) is 0 Å². The van der Waals surface area contributed by atoms with Crippen molar-refractivity contribution in [1.29, 1.82) is 0 Å². The van der Waals surface area contributed by atoms with E-state index >= 15 is 0 Å². The summed E-state index contributed by atoms with van der Waals surface area (Å²) in [5.41, 5.74) is 9.07. The lowest BCUT2D eigenvalue weighted by molar-refractivity contribution is 1.44. The van der Waals surface area contributed by atoms with Crippen LogP contribution in [0.15, 0.2) is 78.9 Å². The Bertz CT molecular complexity index is 1430. The zero-order valence-corrected chi connectivity index (χ0v) is 19.3. The predicted molar refractivity (Wildman–Crippen MR) is 139 cm³/mol. The van der Waals surface area contributed by atoms with Crippen molar-refractivity contribution in [3.8, 4) is 10.4 Å². The molecule has 5 aromatic rings. The Balaban J connectivity index is 1.58. The fourth-order valence-electron chi connectivity index (χ4n) is 4.12. The summed E-state index contributed by atoms with van der Waals surface area (Å²) < 4.78 is 1.34. The van der Waals surface area contributed by atoms with E-state index in [2.05, 4.69) is 113 Å². The van der Waals surface area contributed by atoms with Crippen LogP contribution in [-0.4, -0.2) is 0 Å². The average Bonchev–Trinajstić information content (AvgIpc) is 3.16. The number of aryl methyl sites for hydroxylation is 3. The van der Waals surface area contributed by atoms with Gasteiger partial charge in [0.25, 0.3) is 0 Å². The maximum atomic E-state index is 2.35. The molecule has 0 saturated carbocycles. The van der Waals surface area contributed by atoms with Crippen molar-refractivity contribution < 1.29 is 0 Å². The zero-order chi connectivity index (χ0) is 21.5. The molecule has 0 N–H and O–H groups in total. The van der Waals surface area contributed by atoms with Gasteiger partial charge < -0.3 is 0 Å². The van der Waals surface area contributed by atoms with Crippen molar-refractivity contribution in [2.24, 2.45) is 0 Å². The van der Waals surface area contributed by atoms with Gasteiger partial charge in [0.1, 0.15) is 0 Å². The minimum Gasteiger partial charge on any atom is -0.135 e. The SMILES string of the molecule is C/C(=C\c1cc2cc3sc(-c4ccc(C)cc4)cc3cc2cc1C)c1ccc(C)cc1. The summed E-state index contributed by atoms with van der Waals surface area (Å²) in [4.78, 5) is 1.33. The third-order valence-electron chi connectivity index (χ3n) is 6.08. The van der Waals surface area contributed by atoms with E-state index in [0.29, 0.717) is 0 Å². The number of benzene rings is 4. The zero-order valence-electron chi connectivity index (χ0n) is 18.5. The standard InChI is InChI=1S/C30H26S/c1-19-5-9-23(10-6-19)21(3)13-25-15-27-17-30-28(16-26(27)14-22(25)4)18-29(31-30)24-11-7-20(2)8-12-24/h5-18H,1-4H3/b21-13+. The number of hydrogen-bond donors (Lipinski definition) is 0. The van der Waals surface area contributed by atoms with Gasteiger partial charge in [-0.3, -0.25) is 0 Å². The van der Waals surface area contributed by atoms with E-state index < -0.39 is 0 Å². The van der Waals surface area contributed by atoms with Crippen LogP contribution in [0.2, 0.25) is 0 Å². The van der Waals surface area contributed by atoms with Crippen molar-refractivity contribution in [3.05, 3.63) is 107 Å². The molecule has 0 unspecified atom stereocenters. The Kier molecular flexibility index (Phi) is 5.00. The maximum Gasteiger partial charge on any atom is 0.0355 e. The second kappa shape index (κ2) is 7.83. The van der Waals surface area contributed by atoms with Crippen molar-refractivity contribution >= 4 is 43.8 Å². The second-order valence-electron chi connectivity index (χ2n) is 8.62. The first-order valence-corrected chi connectivity index (χ1v) is 11.6. The van der Waals surface area contributed by atoms with Gasteiger partial charge in [-0.25, -0.2) is 0 Å². The number of thiophene rings is 1. The number of allylic oxidation sites excluding steroid dienone is 1. The van der Waals surface area contributed by atoms with E-state index in [-0.39, 0.29) is 0 Å². The molecular weight excluding hydrogens is 392 g/mol. The highest BCUT2D eigenvalue weighted by Crippen LogP contribution is 2.37. The summed E-state index contributed by atoms with van der Waals surface area (Å²) in [6.07, 6.45) is 2.32. The van der Waals surface area contributed by atoms with E-state index in [1.807, 2.05) is 11.3 Å². The van der Waals surface area contributed by atoms with Gasteiger partial charge in [-0.1, -0.05) is 71.8 Å². The molecule has 0 nitrogen and oxygen atoms in total. The lowest BCUT2D eigenvalue weighted by Crippen LogP contribution is -1.85. The van der Waals surface area contributed by atoms with E-state index in [1.165, 1.54) is 64.7 Å². The Labute approximate surface area is 188 Å². The van der Waals surface area contributed by atoms with E-state index in [1.54, 1.807) is 0 Å². The van der Waals surface area contributed by atoms with Crippen LogP contribution in [0.1, 0.15) is 34.7 Å². The predicted octanol–water partition coefficient (Wildman–Crippen LogP) is 9.21. The third-order valence-corrected chi connectivity index (χ3v) is 7.22. The molecule has 0 saturated heterocycles. The fourth-order valence-corrected chi connectivity index (χ4v) is 5.22. The van der Waals surface area contributed by atoms with Crippen LogP contribution in [0.25, 0.3) is 42.9 Å². The third kappa shape index (κ3) is 3.94. The minimum atomic E-state index is 1.28. The summed E-state index contributed by atoms with van der Waals surface area (Å²) in [7, 11) is 0. The number of rotatable bonds is 3. The summed E-state index contributed by atoms with van der Waals surface area (Å²) in [5, 5.41) is 3.94. The maximum absolute atomic E-state index is 2.35. The van der Waals surface area contributed by atoms with Gasteiger partial charge in [0.15, 0.2) is 0 Å². The second-order valence-corrected chi connectivity index (χ2v) is 9.70. The molecule has 1 aromatic heterocycles. The molecule has 0 aliphatic rings. The number of hydrogen-bond acceptors (Lipinski definition) is 1. The number of fused-ring (bicyclic) bond motifs is 2.